The standard InChI is InChI=1S/C39H48F6N4O3.2C4H6O4/c1-36(2)19-28-31(29(50)20-36)30(23-9-13-38(41,42)14-10-23)32(33(40)24-5-7-26(8-6-24)39(43,44)45)34(48-28)25-11-16-49(17-12-25)35-46-21-27(22-47-35)52-18-15-37(3,4)51;2*5-3(6)1-2-4(7)8/h5-8,21-23,25,29,33,50-51H,9-20H2,1-4H3;2*1-2H2,(H,5,6)(H,7,8)/t29-,33-;;/m0../s1. The van der Waals surface area contributed by atoms with E-state index in [9.17, 15) is 51.3 Å². The summed E-state index contributed by atoms with van der Waals surface area (Å²) < 4.78 is 92.3. The Balaban J connectivity index is 0.000000539. The number of hydrogen-bond donors (Lipinski definition) is 6. The number of carbonyl (C=O) groups is 4. The fourth-order valence-electron chi connectivity index (χ4n) is 8.46. The normalized spacial score (nSPS) is 18.7. The van der Waals surface area contributed by atoms with E-state index in [0.717, 1.165) is 24.3 Å². The van der Waals surface area contributed by atoms with Gasteiger partial charge < -0.3 is 40.3 Å². The Morgan fingerprint density at radius 2 is 1.31 bits per heavy atom. The molecule has 21 heteroatoms. The van der Waals surface area contributed by atoms with Crippen molar-refractivity contribution in [1.82, 2.24) is 15.0 Å². The molecule has 0 spiro atoms. The highest BCUT2D eigenvalue weighted by Crippen LogP contribution is 2.52. The molecule has 1 aliphatic heterocycles. The lowest BCUT2D eigenvalue weighted by Crippen LogP contribution is -2.36. The number of fused-ring (bicyclic) bond motifs is 1. The van der Waals surface area contributed by atoms with Crippen LogP contribution in [0, 0.1) is 5.41 Å². The van der Waals surface area contributed by atoms with E-state index in [1.807, 2.05) is 18.7 Å². The maximum atomic E-state index is 17.3. The number of benzene rings is 1. The number of nitrogens with zero attached hydrogens (tertiary/aromatic N) is 4. The molecule has 0 radical (unpaired) electrons. The zero-order valence-corrected chi connectivity index (χ0v) is 38.4. The van der Waals surface area contributed by atoms with Crippen molar-refractivity contribution < 1.29 is 80.9 Å². The van der Waals surface area contributed by atoms with Crippen molar-refractivity contribution >= 4 is 29.8 Å². The zero-order chi connectivity index (χ0) is 50.8. The molecule has 0 unspecified atom stereocenters. The van der Waals surface area contributed by atoms with Gasteiger partial charge in [0.25, 0.3) is 0 Å². The number of ether oxygens (including phenoxy) is 1. The molecule has 3 aliphatic rings. The van der Waals surface area contributed by atoms with Gasteiger partial charge in [0.1, 0.15) is 0 Å². The first-order chi connectivity index (χ1) is 31.6. The van der Waals surface area contributed by atoms with Crippen molar-refractivity contribution in [2.75, 3.05) is 24.6 Å². The molecular weight excluding hydrogens is 911 g/mol. The number of rotatable bonds is 15. The number of anilines is 1. The molecule has 376 valence electrons. The number of halogens is 6. The van der Waals surface area contributed by atoms with Crippen LogP contribution in [-0.4, -0.2) is 101 Å². The second-order valence-electron chi connectivity index (χ2n) is 18.8. The molecule has 6 N–H and O–H groups in total. The van der Waals surface area contributed by atoms with Crippen LogP contribution in [0.5, 0.6) is 5.75 Å². The fraction of sp³-hybridized carbons (Fsp3) is 0.596. The van der Waals surface area contributed by atoms with Crippen LogP contribution in [0.3, 0.4) is 0 Å². The van der Waals surface area contributed by atoms with E-state index in [-0.39, 0.29) is 73.8 Å². The van der Waals surface area contributed by atoms with E-state index in [0.29, 0.717) is 86.0 Å². The molecule has 3 aromatic rings. The van der Waals surface area contributed by atoms with E-state index in [1.54, 1.807) is 26.2 Å². The van der Waals surface area contributed by atoms with Gasteiger partial charge in [0.15, 0.2) is 11.9 Å². The number of aliphatic hydroxyl groups excluding tert-OH is 1. The Morgan fingerprint density at radius 3 is 1.76 bits per heavy atom. The summed E-state index contributed by atoms with van der Waals surface area (Å²) in [5, 5.41) is 53.1. The zero-order valence-electron chi connectivity index (χ0n) is 38.4. The first-order valence-electron chi connectivity index (χ1n) is 22.3. The van der Waals surface area contributed by atoms with Gasteiger partial charge in [-0.3, -0.25) is 24.2 Å². The molecule has 6 rings (SSSR count). The second kappa shape index (κ2) is 23.2. The van der Waals surface area contributed by atoms with E-state index < -0.39 is 65.3 Å². The van der Waals surface area contributed by atoms with Crippen LogP contribution in [0.4, 0.5) is 32.3 Å². The van der Waals surface area contributed by atoms with E-state index in [2.05, 4.69) is 9.97 Å². The monoisotopic (exact) mass is 970 g/mol. The van der Waals surface area contributed by atoms with Crippen LogP contribution in [0.1, 0.15) is 168 Å². The summed E-state index contributed by atoms with van der Waals surface area (Å²) in [4.78, 5) is 54.6. The molecule has 1 saturated carbocycles. The molecule has 0 bridgehead atoms. The molecule has 15 nitrogen and oxygen atoms in total. The Bertz CT molecular complexity index is 2130. The SMILES string of the molecule is CC(C)(O)CCOc1cnc(N2CCC(c3nc4c(c(C5CCC(F)(F)CC5)c3[C@@H](F)c3ccc(C(F)(F)F)cc3)[C@@H](O)CC(C)(C)C4)CC2)nc1.O=C(O)CCC(=O)O.O=C(O)CCC(=O)O. The summed E-state index contributed by atoms with van der Waals surface area (Å²) in [5.41, 5.74) is 0.273. The van der Waals surface area contributed by atoms with Crippen LogP contribution in [0.2, 0.25) is 0 Å². The van der Waals surface area contributed by atoms with E-state index in [1.165, 1.54) is 0 Å². The molecule has 2 fully saturated rings. The van der Waals surface area contributed by atoms with Gasteiger partial charge in [-0.1, -0.05) is 26.0 Å². The molecular formula is C47H60F6N4O11. The lowest BCUT2D eigenvalue weighted by atomic mass is 9.68. The summed E-state index contributed by atoms with van der Waals surface area (Å²) in [6.45, 7) is 8.78. The lowest BCUT2D eigenvalue weighted by molar-refractivity contribution is -0.143. The van der Waals surface area contributed by atoms with Gasteiger partial charge in [-0.05, 0) is 87.0 Å². The lowest BCUT2D eigenvalue weighted by Gasteiger charge is -2.41. The minimum atomic E-state index is -4.60. The fourth-order valence-corrected chi connectivity index (χ4v) is 8.46. The predicted molar refractivity (Wildman–Crippen MR) is 233 cm³/mol. The Morgan fingerprint density at radius 1 is 0.809 bits per heavy atom. The summed E-state index contributed by atoms with van der Waals surface area (Å²) in [5.74, 6) is -6.90. The minimum Gasteiger partial charge on any atom is -0.490 e. The molecule has 2 aromatic heterocycles. The molecule has 68 heavy (non-hydrogen) atoms. The van der Waals surface area contributed by atoms with Crippen LogP contribution in [0.25, 0.3) is 0 Å². The van der Waals surface area contributed by atoms with Crippen LogP contribution >= 0.6 is 0 Å². The number of alkyl halides is 6. The van der Waals surface area contributed by atoms with Gasteiger partial charge in [0.05, 0.1) is 67.6 Å². The summed E-state index contributed by atoms with van der Waals surface area (Å²) in [6.07, 6.45) is -3.64. The predicted octanol–water partition coefficient (Wildman–Crippen LogP) is 9.04. The smallest absolute Gasteiger partial charge is 0.416 e. The highest BCUT2D eigenvalue weighted by atomic mass is 19.4. The van der Waals surface area contributed by atoms with Crippen LogP contribution in [-0.2, 0) is 31.8 Å². The quantitative estimate of drug-likeness (QED) is 0.0779. The van der Waals surface area contributed by atoms with Gasteiger partial charge in [-0.2, -0.15) is 13.2 Å². The first kappa shape index (κ1) is 55.0. The van der Waals surface area contributed by atoms with E-state index in [4.69, 9.17) is 30.1 Å². The molecule has 2 atom stereocenters. The van der Waals surface area contributed by atoms with Gasteiger partial charge in [0, 0.05) is 55.1 Å². The first-order valence-corrected chi connectivity index (χ1v) is 22.3. The van der Waals surface area contributed by atoms with Gasteiger partial charge in [0.2, 0.25) is 11.9 Å². The topological polar surface area (TPSA) is 241 Å². The average Bonchev–Trinajstić information content (AvgIpc) is 3.24. The number of piperidine rings is 1. The Kier molecular flexibility index (Phi) is 18.7. The third-order valence-corrected chi connectivity index (χ3v) is 11.9. The van der Waals surface area contributed by atoms with Crippen LogP contribution in [0.15, 0.2) is 36.7 Å². The van der Waals surface area contributed by atoms with Crippen molar-refractivity contribution in [3.63, 3.8) is 0 Å². The van der Waals surface area contributed by atoms with Crippen molar-refractivity contribution in [2.45, 2.75) is 153 Å². The molecule has 3 heterocycles. The molecule has 0 amide bonds. The summed E-state index contributed by atoms with van der Waals surface area (Å²) in [7, 11) is 0. The largest absolute Gasteiger partial charge is 0.490 e. The van der Waals surface area contributed by atoms with Crippen molar-refractivity contribution in [2.24, 2.45) is 5.41 Å². The molecule has 1 aromatic carbocycles. The third-order valence-electron chi connectivity index (χ3n) is 11.9. The van der Waals surface area contributed by atoms with Gasteiger partial charge >= 0.3 is 30.1 Å². The maximum absolute atomic E-state index is 17.3. The minimum absolute atomic E-state index is 0.0136. The Labute approximate surface area is 389 Å². The highest BCUT2D eigenvalue weighted by Gasteiger charge is 2.44. The Hall–Kier alpha value is -5.57. The van der Waals surface area contributed by atoms with Crippen molar-refractivity contribution in [3.8, 4) is 5.75 Å². The van der Waals surface area contributed by atoms with Crippen molar-refractivity contribution in [3.05, 3.63) is 75.9 Å². The number of aliphatic carboxylic acids is 4. The maximum Gasteiger partial charge on any atom is 0.416 e. The number of carboxylic acid groups (broad SMARTS) is 4. The van der Waals surface area contributed by atoms with Gasteiger partial charge in [-0.15, -0.1) is 0 Å². The second-order valence-corrected chi connectivity index (χ2v) is 18.8. The number of aliphatic hydroxyl groups is 2. The molecule has 1 saturated heterocycles. The van der Waals surface area contributed by atoms with Gasteiger partial charge in [-0.25, -0.2) is 23.1 Å². The van der Waals surface area contributed by atoms with Crippen molar-refractivity contribution in [1.29, 1.82) is 0 Å². The van der Waals surface area contributed by atoms with E-state index >= 15 is 4.39 Å². The highest BCUT2D eigenvalue weighted by molar-refractivity contribution is 5.75. The number of carboxylic acids is 4. The third kappa shape index (κ3) is 16.6. The average molecular weight is 971 g/mol. The number of aromatic nitrogens is 3. The summed E-state index contributed by atoms with van der Waals surface area (Å²) >= 11 is 0. The summed E-state index contributed by atoms with van der Waals surface area (Å²) in [6, 6.07) is 3.97. The number of pyridine rings is 1. The number of hydrogen-bond acceptors (Lipinski definition) is 11. The van der Waals surface area contributed by atoms with Crippen LogP contribution < -0.4 is 9.64 Å². The molecule has 2 aliphatic carbocycles.